The second-order valence-corrected chi connectivity index (χ2v) is 6.53. The average molecular weight is 359 g/mol. The summed E-state index contributed by atoms with van der Waals surface area (Å²) in [4.78, 5) is 24.6. The van der Waals surface area contributed by atoms with E-state index in [9.17, 15) is 9.59 Å². The Balaban J connectivity index is 1.65. The molecule has 0 saturated carbocycles. The standard InChI is InChI=1S/C23H21NO3/c1-15-4-10-20(11-5-15)24-22(25)18-8-12-21(13-9-18)27-23(26)19-7-6-16(2)17(3)14-19/h4-14H,1-3H3,(H,24,25). The van der Waals surface area contributed by atoms with Crippen molar-refractivity contribution < 1.29 is 14.3 Å². The van der Waals surface area contributed by atoms with E-state index in [-0.39, 0.29) is 5.91 Å². The number of hydrogen-bond donors (Lipinski definition) is 1. The van der Waals surface area contributed by atoms with Crippen LogP contribution < -0.4 is 10.1 Å². The van der Waals surface area contributed by atoms with Crippen molar-refractivity contribution in [1.29, 1.82) is 0 Å². The van der Waals surface area contributed by atoms with Gasteiger partial charge in [0.2, 0.25) is 0 Å². The number of benzene rings is 3. The van der Waals surface area contributed by atoms with Crippen molar-refractivity contribution in [2.45, 2.75) is 20.8 Å². The van der Waals surface area contributed by atoms with E-state index in [4.69, 9.17) is 4.74 Å². The Morgan fingerprint density at radius 3 is 2.00 bits per heavy atom. The largest absolute Gasteiger partial charge is 0.423 e. The van der Waals surface area contributed by atoms with Crippen molar-refractivity contribution in [1.82, 2.24) is 0 Å². The molecule has 0 aliphatic rings. The molecule has 4 nitrogen and oxygen atoms in total. The van der Waals surface area contributed by atoms with E-state index in [2.05, 4.69) is 5.32 Å². The Kier molecular flexibility index (Phi) is 5.36. The summed E-state index contributed by atoms with van der Waals surface area (Å²) in [6.07, 6.45) is 0. The lowest BCUT2D eigenvalue weighted by atomic mass is 10.1. The Labute approximate surface area is 158 Å². The fraction of sp³-hybridized carbons (Fsp3) is 0.130. The number of rotatable bonds is 4. The van der Waals surface area contributed by atoms with Crippen LogP contribution in [0.5, 0.6) is 5.75 Å². The molecule has 3 aromatic carbocycles. The molecule has 1 amide bonds. The highest BCUT2D eigenvalue weighted by Crippen LogP contribution is 2.17. The highest BCUT2D eigenvalue weighted by molar-refractivity contribution is 6.04. The Hall–Kier alpha value is -3.40. The van der Waals surface area contributed by atoms with E-state index in [0.29, 0.717) is 16.9 Å². The van der Waals surface area contributed by atoms with Gasteiger partial charge in [-0.1, -0.05) is 23.8 Å². The zero-order valence-corrected chi connectivity index (χ0v) is 15.6. The molecule has 1 N–H and O–H groups in total. The Morgan fingerprint density at radius 2 is 1.37 bits per heavy atom. The lowest BCUT2D eigenvalue weighted by Crippen LogP contribution is -2.12. The molecule has 0 atom stereocenters. The maximum absolute atomic E-state index is 12.3. The van der Waals surface area contributed by atoms with Crippen LogP contribution in [0.4, 0.5) is 5.69 Å². The minimum atomic E-state index is -0.421. The van der Waals surface area contributed by atoms with Gasteiger partial charge in [-0.05, 0) is 80.4 Å². The zero-order chi connectivity index (χ0) is 19.4. The molecule has 0 saturated heterocycles. The average Bonchev–Trinajstić information content (AvgIpc) is 2.66. The maximum Gasteiger partial charge on any atom is 0.343 e. The van der Waals surface area contributed by atoms with Crippen LogP contribution in [0.2, 0.25) is 0 Å². The van der Waals surface area contributed by atoms with Gasteiger partial charge in [0.1, 0.15) is 5.75 Å². The van der Waals surface area contributed by atoms with Gasteiger partial charge in [0.05, 0.1) is 5.56 Å². The molecule has 4 heteroatoms. The molecular formula is C23H21NO3. The van der Waals surface area contributed by atoms with Crippen molar-refractivity contribution in [3.63, 3.8) is 0 Å². The predicted molar refractivity (Wildman–Crippen MR) is 106 cm³/mol. The lowest BCUT2D eigenvalue weighted by molar-refractivity contribution is 0.0734. The van der Waals surface area contributed by atoms with E-state index in [1.165, 1.54) is 0 Å². The van der Waals surface area contributed by atoms with Gasteiger partial charge in [0, 0.05) is 11.3 Å². The number of carbonyl (C=O) groups excluding carboxylic acids is 2. The Bertz CT molecular complexity index is 974. The predicted octanol–water partition coefficient (Wildman–Crippen LogP) is 5.08. The molecule has 0 radical (unpaired) electrons. The second-order valence-electron chi connectivity index (χ2n) is 6.53. The van der Waals surface area contributed by atoms with Gasteiger partial charge >= 0.3 is 5.97 Å². The van der Waals surface area contributed by atoms with E-state index in [1.54, 1.807) is 36.4 Å². The van der Waals surface area contributed by atoms with Crippen LogP contribution in [0.1, 0.15) is 37.4 Å². The summed E-state index contributed by atoms with van der Waals surface area (Å²) in [7, 11) is 0. The third-order valence-electron chi connectivity index (χ3n) is 4.38. The maximum atomic E-state index is 12.3. The van der Waals surface area contributed by atoms with E-state index in [0.717, 1.165) is 22.4 Å². The number of aryl methyl sites for hydroxylation is 3. The van der Waals surface area contributed by atoms with Gasteiger partial charge in [-0.2, -0.15) is 0 Å². The first kappa shape index (κ1) is 18.4. The molecule has 3 aromatic rings. The Morgan fingerprint density at radius 1 is 0.741 bits per heavy atom. The zero-order valence-electron chi connectivity index (χ0n) is 15.6. The van der Waals surface area contributed by atoms with E-state index < -0.39 is 5.97 Å². The molecule has 0 heterocycles. The van der Waals surface area contributed by atoms with Gasteiger partial charge in [-0.3, -0.25) is 4.79 Å². The normalized spacial score (nSPS) is 10.3. The van der Waals surface area contributed by atoms with E-state index >= 15 is 0 Å². The van der Waals surface area contributed by atoms with Crippen molar-refractivity contribution in [3.05, 3.63) is 94.5 Å². The number of amides is 1. The van der Waals surface area contributed by atoms with Gasteiger partial charge in [0.15, 0.2) is 0 Å². The van der Waals surface area contributed by atoms with Crippen LogP contribution in [0.15, 0.2) is 66.7 Å². The monoisotopic (exact) mass is 359 g/mol. The van der Waals surface area contributed by atoms with Crippen molar-refractivity contribution in [2.24, 2.45) is 0 Å². The molecule has 0 fully saturated rings. The van der Waals surface area contributed by atoms with Gasteiger partial charge in [-0.15, -0.1) is 0 Å². The number of nitrogens with one attached hydrogen (secondary N) is 1. The fourth-order valence-corrected chi connectivity index (χ4v) is 2.55. The molecule has 0 aliphatic carbocycles. The minimum Gasteiger partial charge on any atom is -0.423 e. The summed E-state index contributed by atoms with van der Waals surface area (Å²) < 4.78 is 5.39. The number of hydrogen-bond acceptors (Lipinski definition) is 3. The van der Waals surface area contributed by atoms with Crippen molar-refractivity contribution >= 4 is 17.6 Å². The van der Waals surface area contributed by atoms with Crippen LogP contribution in [-0.2, 0) is 0 Å². The molecule has 27 heavy (non-hydrogen) atoms. The third kappa shape index (κ3) is 4.61. The van der Waals surface area contributed by atoms with Crippen LogP contribution in [0.3, 0.4) is 0 Å². The number of ether oxygens (including phenoxy) is 1. The van der Waals surface area contributed by atoms with E-state index in [1.807, 2.05) is 51.1 Å². The molecule has 0 unspecified atom stereocenters. The quantitative estimate of drug-likeness (QED) is 0.522. The highest BCUT2D eigenvalue weighted by atomic mass is 16.5. The van der Waals surface area contributed by atoms with Crippen molar-refractivity contribution in [2.75, 3.05) is 5.32 Å². The molecule has 0 aliphatic heterocycles. The first-order valence-electron chi connectivity index (χ1n) is 8.70. The van der Waals surface area contributed by atoms with Crippen LogP contribution >= 0.6 is 0 Å². The smallest absolute Gasteiger partial charge is 0.343 e. The summed E-state index contributed by atoms with van der Waals surface area (Å²) in [5.41, 5.74) is 5.00. The first-order chi connectivity index (χ1) is 12.9. The molecule has 0 bridgehead atoms. The number of anilines is 1. The first-order valence-corrected chi connectivity index (χ1v) is 8.70. The summed E-state index contributed by atoms with van der Waals surface area (Å²) >= 11 is 0. The van der Waals surface area contributed by atoms with Gasteiger partial charge in [-0.25, -0.2) is 4.79 Å². The molecule has 136 valence electrons. The molecule has 0 spiro atoms. The fourth-order valence-electron chi connectivity index (χ4n) is 2.55. The lowest BCUT2D eigenvalue weighted by Gasteiger charge is -2.08. The van der Waals surface area contributed by atoms with Gasteiger partial charge < -0.3 is 10.1 Å². The molecule has 3 rings (SSSR count). The van der Waals surface area contributed by atoms with Crippen LogP contribution in [0, 0.1) is 20.8 Å². The minimum absolute atomic E-state index is 0.217. The third-order valence-corrected chi connectivity index (χ3v) is 4.38. The summed E-state index contributed by atoms with van der Waals surface area (Å²) in [6, 6.07) is 19.5. The molecular weight excluding hydrogens is 338 g/mol. The highest BCUT2D eigenvalue weighted by Gasteiger charge is 2.11. The topological polar surface area (TPSA) is 55.4 Å². The van der Waals surface area contributed by atoms with Crippen LogP contribution in [0.25, 0.3) is 0 Å². The number of carbonyl (C=O) groups is 2. The second kappa shape index (κ2) is 7.87. The van der Waals surface area contributed by atoms with Crippen molar-refractivity contribution in [3.8, 4) is 5.75 Å². The summed E-state index contributed by atoms with van der Waals surface area (Å²) in [6.45, 7) is 5.93. The number of esters is 1. The summed E-state index contributed by atoms with van der Waals surface area (Å²) in [5.74, 6) is -0.244. The van der Waals surface area contributed by atoms with Gasteiger partial charge in [0.25, 0.3) is 5.91 Å². The summed E-state index contributed by atoms with van der Waals surface area (Å²) in [5, 5.41) is 2.84. The SMILES string of the molecule is Cc1ccc(NC(=O)c2ccc(OC(=O)c3ccc(C)c(C)c3)cc2)cc1. The molecule has 0 aromatic heterocycles. The van der Waals surface area contributed by atoms with Crippen LogP contribution in [-0.4, -0.2) is 11.9 Å².